The molecular weight excluding hydrogens is 290 g/mol. The summed E-state index contributed by atoms with van der Waals surface area (Å²) in [4.78, 5) is 26.2. The van der Waals surface area contributed by atoms with Gasteiger partial charge in [0.2, 0.25) is 11.8 Å². The average molecular weight is 315 g/mol. The molecule has 1 saturated carbocycles. The summed E-state index contributed by atoms with van der Waals surface area (Å²) in [6, 6.07) is 8.03. The van der Waals surface area contributed by atoms with Gasteiger partial charge in [0.15, 0.2) is 0 Å². The number of hydrogen-bond donors (Lipinski definition) is 2. The number of nitrogens with zero attached hydrogens (tertiary/aromatic N) is 1. The van der Waals surface area contributed by atoms with Crippen molar-refractivity contribution in [2.24, 2.45) is 17.6 Å². The molecular formula is C18H25N3O2. The molecule has 0 spiro atoms. The van der Waals surface area contributed by atoms with E-state index in [0.717, 1.165) is 12.1 Å². The SMILES string of the molecule is CCc1ccc(N2CC(C(=O)NCC(N)C3CC3)CC2=O)cc1. The van der Waals surface area contributed by atoms with Gasteiger partial charge in [-0.05, 0) is 42.9 Å². The molecule has 124 valence electrons. The molecule has 5 heteroatoms. The third-order valence-corrected chi connectivity index (χ3v) is 4.89. The van der Waals surface area contributed by atoms with Crippen LogP contribution in [-0.2, 0) is 16.0 Å². The van der Waals surface area contributed by atoms with Crippen LogP contribution in [0.4, 0.5) is 5.69 Å². The predicted octanol–water partition coefficient (Wildman–Crippen LogP) is 1.46. The number of carbonyl (C=O) groups excluding carboxylic acids is 2. The van der Waals surface area contributed by atoms with Crippen LogP contribution in [0.2, 0.25) is 0 Å². The van der Waals surface area contributed by atoms with Crippen molar-refractivity contribution in [1.29, 1.82) is 0 Å². The lowest BCUT2D eigenvalue weighted by Gasteiger charge is -2.18. The number of rotatable bonds is 6. The van der Waals surface area contributed by atoms with Gasteiger partial charge >= 0.3 is 0 Å². The van der Waals surface area contributed by atoms with Gasteiger partial charge in [-0.1, -0.05) is 19.1 Å². The molecule has 1 aromatic rings. The Morgan fingerprint density at radius 2 is 2.04 bits per heavy atom. The summed E-state index contributed by atoms with van der Waals surface area (Å²) < 4.78 is 0. The van der Waals surface area contributed by atoms with Crippen molar-refractivity contribution in [3.05, 3.63) is 29.8 Å². The Bertz CT molecular complexity index is 580. The minimum absolute atomic E-state index is 0.0147. The van der Waals surface area contributed by atoms with Gasteiger partial charge in [0, 0.05) is 31.2 Å². The summed E-state index contributed by atoms with van der Waals surface area (Å²) in [7, 11) is 0. The third kappa shape index (κ3) is 3.72. The summed E-state index contributed by atoms with van der Waals surface area (Å²) in [6.07, 6.45) is 3.58. The van der Waals surface area contributed by atoms with Gasteiger partial charge in [0.05, 0.1) is 5.92 Å². The van der Waals surface area contributed by atoms with Crippen molar-refractivity contribution in [2.45, 2.75) is 38.6 Å². The Labute approximate surface area is 137 Å². The first-order valence-corrected chi connectivity index (χ1v) is 8.51. The lowest BCUT2D eigenvalue weighted by Crippen LogP contribution is -2.41. The number of aryl methyl sites for hydroxylation is 1. The smallest absolute Gasteiger partial charge is 0.227 e. The lowest BCUT2D eigenvalue weighted by atomic mass is 10.1. The molecule has 23 heavy (non-hydrogen) atoms. The van der Waals surface area contributed by atoms with Crippen LogP contribution in [-0.4, -0.2) is 30.9 Å². The number of benzene rings is 1. The fraction of sp³-hybridized carbons (Fsp3) is 0.556. The van der Waals surface area contributed by atoms with E-state index in [9.17, 15) is 9.59 Å². The van der Waals surface area contributed by atoms with Gasteiger partial charge in [-0.3, -0.25) is 9.59 Å². The van der Waals surface area contributed by atoms with Crippen molar-refractivity contribution in [2.75, 3.05) is 18.0 Å². The van der Waals surface area contributed by atoms with E-state index in [1.54, 1.807) is 4.90 Å². The minimum atomic E-state index is -0.278. The van der Waals surface area contributed by atoms with Crippen LogP contribution in [0.5, 0.6) is 0 Å². The zero-order chi connectivity index (χ0) is 16.4. The van der Waals surface area contributed by atoms with E-state index in [-0.39, 0.29) is 30.2 Å². The van der Waals surface area contributed by atoms with Crippen LogP contribution < -0.4 is 16.0 Å². The molecule has 3 rings (SSSR count). The highest BCUT2D eigenvalue weighted by Crippen LogP contribution is 2.31. The predicted molar refractivity (Wildman–Crippen MR) is 90.0 cm³/mol. The summed E-state index contributed by atoms with van der Waals surface area (Å²) in [5.74, 6) is 0.247. The molecule has 2 unspecified atom stereocenters. The fourth-order valence-corrected chi connectivity index (χ4v) is 3.10. The van der Waals surface area contributed by atoms with E-state index in [1.165, 1.54) is 18.4 Å². The largest absolute Gasteiger partial charge is 0.354 e. The number of hydrogen-bond acceptors (Lipinski definition) is 3. The maximum absolute atomic E-state index is 12.3. The quantitative estimate of drug-likeness (QED) is 0.834. The van der Waals surface area contributed by atoms with Gasteiger partial charge in [-0.25, -0.2) is 0 Å². The van der Waals surface area contributed by atoms with Crippen molar-refractivity contribution in [3.63, 3.8) is 0 Å². The average Bonchev–Trinajstić information content (AvgIpc) is 3.35. The van der Waals surface area contributed by atoms with Crippen molar-refractivity contribution in [1.82, 2.24) is 5.32 Å². The number of anilines is 1. The highest BCUT2D eigenvalue weighted by Gasteiger charge is 2.36. The highest BCUT2D eigenvalue weighted by molar-refractivity contribution is 6.00. The Hall–Kier alpha value is -1.88. The van der Waals surface area contributed by atoms with Crippen LogP contribution in [0.3, 0.4) is 0 Å². The molecule has 0 bridgehead atoms. The molecule has 1 aromatic carbocycles. The molecule has 1 heterocycles. The summed E-state index contributed by atoms with van der Waals surface area (Å²) in [5.41, 5.74) is 8.12. The molecule has 0 aromatic heterocycles. The van der Waals surface area contributed by atoms with Crippen LogP contribution in [0.1, 0.15) is 31.7 Å². The van der Waals surface area contributed by atoms with Gasteiger partial charge in [0.25, 0.3) is 0 Å². The first-order chi connectivity index (χ1) is 11.1. The number of nitrogens with one attached hydrogen (secondary N) is 1. The second-order valence-corrected chi connectivity index (χ2v) is 6.67. The summed E-state index contributed by atoms with van der Waals surface area (Å²) in [6.45, 7) is 3.07. The van der Waals surface area contributed by atoms with E-state index in [0.29, 0.717) is 19.0 Å². The van der Waals surface area contributed by atoms with Crippen LogP contribution in [0.25, 0.3) is 0 Å². The molecule has 1 saturated heterocycles. The standard InChI is InChI=1S/C18H25N3O2/c1-2-12-3-7-15(8-4-12)21-11-14(9-17(21)22)18(23)20-10-16(19)13-5-6-13/h3-4,7-8,13-14,16H,2,5-6,9-11,19H2,1H3,(H,20,23). The summed E-state index contributed by atoms with van der Waals surface area (Å²) >= 11 is 0. The number of nitrogens with two attached hydrogens (primary N) is 1. The summed E-state index contributed by atoms with van der Waals surface area (Å²) in [5, 5.41) is 2.91. The molecule has 2 aliphatic rings. The third-order valence-electron chi connectivity index (χ3n) is 4.89. The normalized spacial score (nSPS) is 22.3. The molecule has 1 aliphatic heterocycles. The topological polar surface area (TPSA) is 75.4 Å². The Kier molecular flexibility index (Phi) is 4.66. The number of amides is 2. The Balaban J connectivity index is 1.56. The molecule has 0 radical (unpaired) electrons. The fourth-order valence-electron chi connectivity index (χ4n) is 3.10. The van der Waals surface area contributed by atoms with Gasteiger partial charge in [-0.2, -0.15) is 0 Å². The zero-order valence-corrected chi connectivity index (χ0v) is 13.6. The monoisotopic (exact) mass is 315 g/mol. The van der Waals surface area contributed by atoms with Crippen LogP contribution in [0, 0.1) is 11.8 Å². The van der Waals surface area contributed by atoms with E-state index < -0.39 is 0 Å². The molecule has 3 N–H and O–H groups in total. The van der Waals surface area contributed by atoms with E-state index >= 15 is 0 Å². The van der Waals surface area contributed by atoms with Gasteiger partial charge in [0.1, 0.15) is 0 Å². The minimum Gasteiger partial charge on any atom is -0.354 e. The van der Waals surface area contributed by atoms with Gasteiger partial charge in [-0.15, -0.1) is 0 Å². The van der Waals surface area contributed by atoms with E-state index in [2.05, 4.69) is 12.2 Å². The maximum atomic E-state index is 12.3. The first kappa shape index (κ1) is 16.0. The van der Waals surface area contributed by atoms with E-state index in [4.69, 9.17) is 5.73 Å². The second-order valence-electron chi connectivity index (χ2n) is 6.67. The molecule has 5 nitrogen and oxygen atoms in total. The second kappa shape index (κ2) is 6.71. The first-order valence-electron chi connectivity index (χ1n) is 8.51. The molecule has 2 fully saturated rings. The Morgan fingerprint density at radius 1 is 1.35 bits per heavy atom. The molecule has 2 atom stereocenters. The van der Waals surface area contributed by atoms with Crippen molar-refractivity contribution >= 4 is 17.5 Å². The van der Waals surface area contributed by atoms with Crippen LogP contribution in [0.15, 0.2) is 24.3 Å². The van der Waals surface area contributed by atoms with Crippen molar-refractivity contribution < 1.29 is 9.59 Å². The molecule has 2 amide bonds. The lowest BCUT2D eigenvalue weighted by molar-refractivity contribution is -0.126. The van der Waals surface area contributed by atoms with Gasteiger partial charge < -0.3 is 16.0 Å². The number of carbonyl (C=O) groups is 2. The maximum Gasteiger partial charge on any atom is 0.227 e. The van der Waals surface area contributed by atoms with Crippen LogP contribution >= 0.6 is 0 Å². The zero-order valence-electron chi connectivity index (χ0n) is 13.6. The Morgan fingerprint density at radius 3 is 2.65 bits per heavy atom. The highest BCUT2D eigenvalue weighted by atomic mass is 16.2. The van der Waals surface area contributed by atoms with Crippen molar-refractivity contribution in [3.8, 4) is 0 Å². The van der Waals surface area contributed by atoms with E-state index in [1.807, 2.05) is 24.3 Å². The molecule has 1 aliphatic carbocycles.